The van der Waals surface area contributed by atoms with Gasteiger partial charge in [0.25, 0.3) is 11.9 Å². The molecule has 0 aliphatic carbocycles. The average molecular weight is 613 g/mol. The fourth-order valence-corrected chi connectivity index (χ4v) is 4.67. The Morgan fingerprint density at radius 2 is 1.74 bits per heavy atom. The summed E-state index contributed by atoms with van der Waals surface area (Å²) in [5.41, 5.74) is -1.61. The quantitative estimate of drug-likeness (QED) is 0.188. The lowest BCUT2D eigenvalue weighted by Crippen LogP contribution is -2.66. The van der Waals surface area contributed by atoms with Crippen LogP contribution in [0.3, 0.4) is 0 Å². The number of aromatic hydroxyl groups is 1. The van der Waals surface area contributed by atoms with E-state index in [2.05, 4.69) is 31.2 Å². The zero-order chi connectivity index (χ0) is 31.6. The van der Waals surface area contributed by atoms with Gasteiger partial charge in [0.2, 0.25) is 29.5 Å². The SMILES string of the molecule is CC1NC(=O)C(C2CCO2)NC(=O)C(C)C(O)C(Cc2c(F)nc(F)c(F)c2F)NC(=O)C1NC(=O)c1ncccc1O. The van der Waals surface area contributed by atoms with Crippen molar-refractivity contribution in [2.75, 3.05) is 6.61 Å². The highest BCUT2D eigenvalue weighted by Gasteiger charge is 2.42. The number of aromatic nitrogens is 2. The summed E-state index contributed by atoms with van der Waals surface area (Å²) in [4.78, 5) is 59.2. The van der Waals surface area contributed by atoms with Gasteiger partial charge in [0.15, 0.2) is 11.5 Å². The standard InChI is InChI=1S/C26H28F4N6O7/c1-9-20(38)12(8-11-15(27)16(28)22(30)36-21(11)29)33-24(40)17(34-25(41)18-13(37)4-3-6-31-18)10(2)32-26(42)19(35-23(9)39)14-5-7-43-14/h3-4,6,9-10,12,14,17,19-20,37-38H,5,7-8H2,1-2H3,(H,32,42)(H,33,40)(H,34,41)(H,35,39). The van der Waals surface area contributed by atoms with E-state index in [1.54, 1.807) is 0 Å². The molecule has 0 radical (unpaired) electrons. The van der Waals surface area contributed by atoms with Crippen LogP contribution >= 0.6 is 0 Å². The Bertz CT molecular complexity index is 1430. The molecule has 7 unspecified atom stereocenters. The second-order valence-electron chi connectivity index (χ2n) is 10.2. The van der Waals surface area contributed by atoms with E-state index >= 15 is 0 Å². The molecule has 6 N–H and O–H groups in total. The molecule has 2 aliphatic heterocycles. The number of nitrogens with zero attached hydrogens (tertiary/aromatic N) is 2. The number of nitrogens with one attached hydrogen (secondary N) is 4. The fourth-order valence-electron chi connectivity index (χ4n) is 4.67. The second kappa shape index (κ2) is 12.9. The van der Waals surface area contributed by atoms with Gasteiger partial charge in [0.1, 0.15) is 17.8 Å². The Kier molecular flexibility index (Phi) is 9.44. The molecule has 4 heterocycles. The van der Waals surface area contributed by atoms with Gasteiger partial charge in [-0.2, -0.15) is 18.2 Å². The van der Waals surface area contributed by atoms with Crippen LogP contribution in [0.5, 0.6) is 5.75 Å². The monoisotopic (exact) mass is 612 g/mol. The van der Waals surface area contributed by atoms with Crippen LogP contribution in [-0.2, 0) is 25.5 Å². The van der Waals surface area contributed by atoms with Gasteiger partial charge in [-0.05, 0) is 25.5 Å². The summed E-state index contributed by atoms with van der Waals surface area (Å²) in [7, 11) is 0. The van der Waals surface area contributed by atoms with Gasteiger partial charge in [-0.3, -0.25) is 19.2 Å². The van der Waals surface area contributed by atoms with E-state index in [9.17, 15) is 47.0 Å². The molecule has 43 heavy (non-hydrogen) atoms. The van der Waals surface area contributed by atoms with Crippen molar-refractivity contribution >= 4 is 23.6 Å². The van der Waals surface area contributed by atoms with Gasteiger partial charge in [-0.15, -0.1) is 0 Å². The van der Waals surface area contributed by atoms with Crippen molar-refractivity contribution in [1.29, 1.82) is 0 Å². The van der Waals surface area contributed by atoms with Crippen molar-refractivity contribution in [2.24, 2.45) is 5.92 Å². The number of aliphatic hydroxyl groups excluding tert-OH is 1. The Balaban J connectivity index is 1.73. The molecule has 0 saturated carbocycles. The van der Waals surface area contributed by atoms with Gasteiger partial charge in [-0.25, -0.2) is 9.37 Å². The van der Waals surface area contributed by atoms with Crippen molar-refractivity contribution < 1.29 is 51.7 Å². The molecular weight excluding hydrogens is 584 g/mol. The Morgan fingerprint density at radius 1 is 1.05 bits per heavy atom. The van der Waals surface area contributed by atoms with Gasteiger partial charge in [0.05, 0.1) is 30.2 Å². The minimum absolute atomic E-state index is 0.300. The number of amides is 4. The van der Waals surface area contributed by atoms with Crippen LogP contribution < -0.4 is 21.3 Å². The van der Waals surface area contributed by atoms with E-state index in [-0.39, 0.29) is 0 Å². The molecule has 4 rings (SSSR count). The van der Waals surface area contributed by atoms with E-state index in [4.69, 9.17) is 4.74 Å². The second-order valence-corrected chi connectivity index (χ2v) is 10.2. The summed E-state index contributed by atoms with van der Waals surface area (Å²) in [5.74, 6) is -13.7. The predicted molar refractivity (Wildman–Crippen MR) is 136 cm³/mol. The van der Waals surface area contributed by atoms with Gasteiger partial charge in [-0.1, -0.05) is 6.92 Å². The third kappa shape index (κ3) is 6.67. The smallest absolute Gasteiger partial charge is 0.274 e. The summed E-state index contributed by atoms with van der Waals surface area (Å²) in [6, 6.07) is -3.44. The van der Waals surface area contributed by atoms with Gasteiger partial charge in [0, 0.05) is 24.8 Å². The molecule has 2 aromatic rings. The maximum absolute atomic E-state index is 14.6. The highest BCUT2D eigenvalue weighted by molar-refractivity contribution is 5.98. The van der Waals surface area contributed by atoms with Crippen LogP contribution in [0.25, 0.3) is 0 Å². The highest BCUT2D eigenvalue weighted by Crippen LogP contribution is 2.23. The van der Waals surface area contributed by atoms with Gasteiger partial charge < -0.3 is 36.2 Å². The third-order valence-electron chi connectivity index (χ3n) is 7.30. The molecule has 2 aromatic heterocycles. The highest BCUT2D eigenvalue weighted by atomic mass is 19.2. The summed E-state index contributed by atoms with van der Waals surface area (Å²) >= 11 is 0. The van der Waals surface area contributed by atoms with E-state index in [1.165, 1.54) is 26.1 Å². The van der Waals surface area contributed by atoms with Crippen molar-refractivity contribution in [2.45, 2.75) is 63.1 Å². The zero-order valence-corrected chi connectivity index (χ0v) is 22.7. The average Bonchev–Trinajstić information content (AvgIpc) is 2.93. The number of hydrogen-bond acceptors (Lipinski definition) is 9. The predicted octanol–water partition coefficient (Wildman–Crippen LogP) is -0.646. The molecule has 13 nitrogen and oxygen atoms in total. The Hall–Kier alpha value is -4.38. The number of halogens is 4. The number of hydrogen-bond donors (Lipinski definition) is 6. The zero-order valence-electron chi connectivity index (χ0n) is 22.7. The van der Waals surface area contributed by atoms with Crippen molar-refractivity contribution in [3.8, 4) is 5.75 Å². The van der Waals surface area contributed by atoms with Crippen LogP contribution in [0.2, 0.25) is 0 Å². The van der Waals surface area contributed by atoms with Crippen molar-refractivity contribution in [1.82, 2.24) is 31.2 Å². The van der Waals surface area contributed by atoms with Gasteiger partial charge >= 0.3 is 0 Å². The largest absolute Gasteiger partial charge is 0.505 e. The molecule has 0 aromatic carbocycles. The number of carbonyl (C=O) groups excluding carboxylic acids is 4. The Labute approximate surface area is 241 Å². The minimum Gasteiger partial charge on any atom is -0.505 e. The molecule has 0 spiro atoms. The molecule has 4 amide bonds. The fraction of sp³-hybridized carbons (Fsp3) is 0.462. The lowest BCUT2D eigenvalue weighted by molar-refractivity contribution is -0.144. The number of pyridine rings is 2. The number of aliphatic hydroxyl groups is 1. The maximum Gasteiger partial charge on any atom is 0.274 e. The Morgan fingerprint density at radius 3 is 2.37 bits per heavy atom. The van der Waals surface area contributed by atoms with E-state index < -0.39 is 113 Å². The van der Waals surface area contributed by atoms with Crippen LogP contribution in [-0.4, -0.2) is 86.8 Å². The molecule has 17 heteroatoms. The summed E-state index contributed by atoms with van der Waals surface area (Å²) in [6.07, 6.45) is -2.12. The normalized spacial score (nSPS) is 28.3. The number of ether oxygens (including phenoxy) is 1. The van der Waals surface area contributed by atoms with Crippen molar-refractivity contribution in [3.05, 3.63) is 53.1 Å². The van der Waals surface area contributed by atoms with Crippen LogP contribution in [0.1, 0.15) is 36.3 Å². The molecule has 2 saturated heterocycles. The van der Waals surface area contributed by atoms with E-state index in [1.807, 2.05) is 0 Å². The number of carbonyl (C=O) groups is 4. The number of rotatable bonds is 5. The molecule has 2 fully saturated rings. The third-order valence-corrected chi connectivity index (χ3v) is 7.30. The van der Waals surface area contributed by atoms with E-state index in [0.717, 1.165) is 6.07 Å². The summed E-state index contributed by atoms with van der Waals surface area (Å²) in [5, 5.41) is 30.7. The minimum atomic E-state index is -2.10. The summed E-state index contributed by atoms with van der Waals surface area (Å²) < 4.78 is 61.8. The maximum atomic E-state index is 14.6. The summed E-state index contributed by atoms with van der Waals surface area (Å²) in [6.45, 7) is 2.82. The van der Waals surface area contributed by atoms with E-state index in [0.29, 0.717) is 13.0 Å². The lowest BCUT2D eigenvalue weighted by atomic mass is 9.90. The first-order chi connectivity index (χ1) is 20.3. The molecule has 2 aliphatic rings. The molecule has 232 valence electrons. The first-order valence-corrected chi connectivity index (χ1v) is 13.1. The molecular formula is C26H28F4N6O7. The first-order valence-electron chi connectivity index (χ1n) is 13.1. The van der Waals surface area contributed by atoms with Crippen LogP contribution in [0.4, 0.5) is 17.6 Å². The van der Waals surface area contributed by atoms with Crippen LogP contribution in [0.15, 0.2) is 18.3 Å². The topological polar surface area (TPSA) is 192 Å². The molecule has 7 atom stereocenters. The first kappa shape index (κ1) is 31.6. The molecule has 0 bridgehead atoms. The van der Waals surface area contributed by atoms with Crippen molar-refractivity contribution in [3.63, 3.8) is 0 Å². The van der Waals surface area contributed by atoms with Crippen LogP contribution in [0, 0.1) is 29.4 Å². The lowest BCUT2D eigenvalue weighted by Gasteiger charge is -2.37.